The summed E-state index contributed by atoms with van der Waals surface area (Å²) in [6.45, 7) is 0. The van der Waals surface area contributed by atoms with Crippen molar-refractivity contribution in [3.63, 3.8) is 0 Å². The smallest absolute Gasteiger partial charge is 0.328 e. The van der Waals surface area contributed by atoms with Gasteiger partial charge in [0, 0.05) is 29.6 Å². The molecular weight excluding hydrogens is 275 g/mol. The van der Waals surface area contributed by atoms with Gasteiger partial charge in [-0.05, 0) is 29.8 Å². The molecule has 0 bridgehead atoms. The van der Waals surface area contributed by atoms with E-state index in [4.69, 9.17) is 5.11 Å². The summed E-state index contributed by atoms with van der Waals surface area (Å²) in [6.07, 6.45) is 3.67. The number of hydrogen-bond donors (Lipinski definition) is 2. The number of pyridine rings is 1. The largest absolute Gasteiger partial charge is 0.478 e. The highest BCUT2D eigenvalue weighted by atomic mass is 19.1. The Morgan fingerprint density at radius 2 is 1.90 bits per heavy atom. The zero-order valence-corrected chi connectivity index (χ0v) is 10.8. The number of rotatable bonds is 4. The van der Waals surface area contributed by atoms with Crippen LogP contribution in [0.25, 0.3) is 6.08 Å². The summed E-state index contributed by atoms with van der Waals surface area (Å²) in [7, 11) is 0. The number of amides is 1. The molecule has 0 saturated heterocycles. The van der Waals surface area contributed by atoms with Crippen LogP contribution in [-0.4, -0.2) is 22.0 Å². The van der Waals surface area contributed by atoms with E-state index in [9.17, 15) is 14.0 Å². The molecule has 1 heterocycles. The summed E-state index contributed by atoms with van der Waals surface area (Å²) in [5.41, 5.74) is 1.37. The molecule has 2 rings (SSSR count). The van der Waals surface area contributed by atoms with Crippen molar-refractivity contribution in [2.24, 2.45) is 0 Å². The van der Waals surface area contributed by atoms with Gasteiger partial charge in [0.2, 0.25) is 5.95 Å². The first-order chi connectivity index (χ1) is 10.0. The van der Waals surface area contributed by atoms with Gasteiger partial charge >= 0.3 is 5.97 Å². The molecule has 106 valence electrons. The van der Waals surface area contributed by atoms with Crippen molar-refractivity contribution in [3.05, 3.63) is 65.7 Å². The summed E-state index contributed by atoms with van der Waals surface area (Å²) in [6, 6.07) is 9.00. The first kappa shape index (κ1) is 14.4. The second-order valence-electron chi connectivity index (χ2n) is 4.11. The number of aliphatic carboxylic acids is 1. The van der Waals surface area contributed by atoms with Crippen molar-refractivity contribution in [3.8, 4) is 0 Å². The fraction of sp³-hybridized carbons (Fsp3) is 0. The van der Waals surface area contributed by atoms with Crippen molar-refractivity contribution >= 4 is 23.6 Å². The summed E-state index contributed by atoms with van der Waals surface area (Å²) in [5.74, 6) is -2.21. The molecule has 21 heavy (non-hydrogen) atoms. The molecule has 1 aromatic heterocycles. The number of hydrogen-bond acceptors (Lipinski definition) is 3. The average molecular weight is 286 g/mol. The Morgan fingerprint density at radius 1 is 1.19 bits per heavy atom. The van der Waals surface area contributed by atoms with E-state index in [1.54, 1.807) is 24.3 Å². The molecule has 0 aliphatic rings. The number of carboxylic acid groups (broad SMARTS) is 1. The standard InChI is InChI=1S/C15H11FN2O3/c16-13-9-11(7-8-17-13)15(21)18-12-4-1-10(2-5-12)3-6-14(19)20/h1-9H,(H,18,21)(H,19,20)/b6-3+. The minimum atomic E-state index is -1.04. The van der Waals surface area contributed by atoms with Gasteiger partial charge in [0.25, 0.3) is 5.91 Å². The van der Waals surface area contributed by atoms with E-state index in [-0.39, 0.29) is 5.56 Å². The summed E-state index contributed by atoms with van der Waals surface area (Å²) in [5, 5.41) is 11.1. The Bertz CT molecular complexity index is 696. The van der Waals surface area contributed by atoms with E-state index >= 15 is 0 Å². The van der Waals surface area contributed by atoms with Gasteiger partial charge in [0.15, 0.2) is 0 Å². The van der Waals surface area contributed by atoms with E-state index in [0.717, 1.165) is 12.1 Å². The Balaban J connectivity index is 2.06. The number of aromatic nitrogens is 1. The molecular formula is C15H11FN2O3. The van der Waals surface area contributed by atoms with Gasteiger partial charge in [-0.1, -0.05) is 12.1 Å². The van der Waals surface area contributed by atoms with E-state index in [1.807, 2.05) is 0 Å². The monoisotopic (exact) mass is 286 g/mol. The lowest BCUT2D eigenvalue weighted by atomic mass is 10.2. The highest BCUT2D eigenvalue weighted by molar-refractivity contribution is 6.04. The summed E-state index contributed by atoms with van der Waals surface area (Å²) in [4.78, 5) is 25.6. The molecule has 0 aliphatic heterocycles. The molecule has 6 heteroatoms. The zero-order chi connectivity index (χ0) is 15.2. The van der Waals surface area contributed by atoms with E-state index < -0.39 is 17.8 Å². The highest BCUT2D eigenvalue weighted by Crippen LogP contribution is 2.12. The quantitative estimate of drug-likeness (QED) is 0.668. The van der Waals surface area contributed by atoms with Crippen LogP contribution in [0.3, 0.4) is 0 Å². The van der Waals surface area contributed by atoms with Crippen LogP contribution in [0.4, 0.5) is 10.1 Å². The lowest BCUT2D eigenvalue weighted by Gasteiger charge is -2.05. The first-order valence-electron chi connectivity index (χ1n) is 5.98. The van der Waals surface area contributed by atoms with Crippen LogP contribution in [0.15, 0.2) is 48.7 Å². The number of nitrogens with zero attached hydrogens (tertiary/aromatic N) is 1. The Kier molecular flexibility index (Phi) is 4.40. The second kappa shape index (κ2) is 6.42. The van der Waals surface area contributed by atoms with Crippen molar-refractivity contribution in [2.45, 2.75) is 0 Å². The van der Waals surface area contributed by atoms with Crippen LogP contribution >= 0.6 is 0 Å². The molecule has 0 aliphatic carbocycles. The van der Waals surface area contributed by atoms with Crippen molar-refractivity contribution in [2.75, 3.05) is 5.32 Å². The number of carbonyl (C=O) groups excluding carboxylic acids is 1. The molecule has 5 nitrogen and oxygen atoms in total. The van der Waals surface area contributed by atoms with Crippen LogP contribution in [0.5, 0.6) is 0 Å². The number of carboxylic acids is 1. The number of halogens is 1. The third-order valence-corrected chi connectivity index (χ3v) is 2.58. The molecule has 0 fully saturated rings. The molecule has 1 amide bonds. The fourth-order valence-corrected chi connectivity index (χ4v) is 1.59. The van der Waals surface area contributed by atoms with Crippen LogP contribution in [0.2, 0.25) is 0 Å². The van der Waals surface area contributed by atoms with Gasteiger partial charge in [-0.15, -0.1) is 0 Å². The molecule has 1 aromatic carbocycles. The molecule has 2 aromatic rings. The molecule has 0 atom stereocenters. The highest BCUT2D eigenvalue weighted by Gasteiger charge is 2.07. The minimum absolute atomic E-state index is 0.164. The fourth-order valence-electron chi connectivity index (χ4n) is 1.59. The van der Waals surface area contributed by atoms with Crippen LogP contribution < -0.4 is 5.32 Å². The third-order valence-electron chi connectivity index (χ3n) is 2.58. The maximum atomic E-state index is 12.9. The average Bonchev–Trinajstić information content (AvgIpc) is 2.46. The molecule has 0 radical (unpaired) electrons. The number of nitrogens with one attached hydrogen (secondary N) is 1. The molecule has 0 saturated carbocycles. The van der Waals surface area contributed by atoms with Gasteiger partial charge in [-0.2, -0.15) is 4.39 Å². The van der Waals surface area contributed by atoms with Crippen LogP contribution in [-0.2, 0) is 4.79 Å². The Hall–Kier alpha value is -3.02. The third kappa shape index (κ3) is 4.24. The Morgan fingerprint density at radius 3 is 2.52 bits per heavy atom. The van der Waals surface area contributed by atoms with E-state index in [2.05, 4.69) is 10.3 Å². The minimum Gasteiger partial charge on any atom is -0.478 e. The molecule has 0 spiro atoms. The number of benzene rings is 1. The Labute approximate surface area is 119 Å². The van der Waals surface area contributed by atoms with Gasteiger partial charge in [0.05, 0.1) is 0 Å². The normalized spacial score (nSPS) is 10.5. The predicted octanol–water partition coefficient (Wildman–Crippen LogP) is 2.57. The number of carbonyl (C=O) groups is 2. The van der Waals surface area contributed by atoms with Gasteiger partial charge < -0.3 is 10.4 Å². The predicted molar refractivity (Wildman–Crippen MR) is 75.3 cm³/mol. The van der Waals surface area contributed by atoms with Gasteiger partial charge in [-0.25, -0.2) is 9.78 Å². The summed E-state index contributed by atoms with van der Waals surface area (Å²) < 4.78 is 12.9. The molecule has 2 N–H and O–H groups in total. The first-order valence-corrected chi connectivity index (χ1v) is 5.98. The molecule has 0 unspecified atom stereocenters. The van der Waals surface area contributed by atoms with Gasteiger partial charge in [-0.3, -0.25) is 4.79 Å². The maximum Gasteiger partial charge on any atom is 0.328 e. The number of anilines is 1. The van der Waals surface area contributed by atoms with Crippen LogP contribution in [0.1, 0.15) is 15.9 Å². The lowest BCUT2D eigenvalue weighted by molar-refractivity contribution is -0.131. The zero-order valence-electron chi connectivity index (χ0n) is 10.8. The summed E-state index contributed by atoms with van der Waals surface area (Å²) >= 11 is 0. The van der Waals surface area contributed by atoms with Crippen molar-refractivity contribution in [1.29, 1.82) is 0 Å². The SMILES string of the molecule is O=C(O)/C=C/c1ccc(NC(=O)c2ccnc(F)c2)cc1. The van der Waals surface area contributed by atoms with Gasteiger partial charge in [0.1, 0.15) is 0 Å². The topological polar surface area (TPSA) is 79.3 Å². The van der Waals surface area contributed by atoms with E-state index in [1.165, 1.54) is 18.3 Å². The van der Waals surface area contributed by atoms with Crippen molar-refractivity contribution in [1.82, 2.24) is 4.98 Å². The second-order valence-corrected chi connectivity index (χ2v) is 4.11. The van der Waals surface area contributed by atoms with Crippen LogP contribution in [0, 0.1) is 5.95 Å². The lowest BCUT2D eigenvalue weighted by Crippen LogP contribution is -2.12. The van der Waals surface area contributed by atoms with E-state index in [0.29, 0.717) is 11.3 Å². The van der Waals surface area contributed by atoms with Crippen molar-refractivity contribution < 1.29 is 19.1 Å². The maximum absolute atomic E-state index is 12.9.